The van der Waals surface area contributed by atoms with Crippen LogP contribution in [-0.2, 0) is 35.7 Å². The molecule has 2 atom stereocenters. The summed E-state index contributed by atoms with van der Waals surface area (Å²) in [5.74, 6) is -0.988. The van der Waals surface area contributed by atoms with Gasteiger partial charge in [0.1, 0.15) is 17.6 Å². The van der Waals surface area contributed by atoms with E-state index in [1.165, 1.54) is 12.1 Å². The van der Waals surface area contributed by atoms with Crippen LogP contribution in [0.5, 0.6) is 0 Å². The van der Waals surface area contributed by atoms with E-state index in [0.29, 0.717) is 31.0 Å². The van der Waals surface area contributed by atoms with E-state index < -0.39 is 16.7 Å². The molecule has 1 aliphatic heterocycles. The molecule has 1 amide bonds. The number of rotatable bonds is 6. The minimum atomic E-state index is -0.995. The molecule has 2 heterocycles. The van der Waals surface area contributed by atoms with E-state index in [2.05, 4.69) is 10.0 Å². The fourth-order valence-corrected chi connectivity index (χ4v) is 5.21. The Balaban J connectivity index is 1.46. The van der Waals surface area contributed by atoms with E-state index in [0.717, 1.165) is 28.5 Å². The Morgan fingerprint density at radius 1 is 1.36 bits per heavy atom. The van der Waals surface area contributed by atoms with Crippen molar-refractivity contribution < 1.29 is 13.9 Å². The van der Waals surface area contributed by atoms with Gasteiger partial charge in [-0.2, -0.15) is 5.26 Å². The van der Waals surface area contributed by atoms with Crippen molar-refractivity contribution in [3.8, 4) is 6.07 Å². The molecule has 0 spiro atoms. The average Bonchev–Trinajstić information content (AvgIpc) is 3.07. The number of fused-ring (bicyclic) bond motifs is 1. The summed E-state index contributed by atoms with van der Waals surface area (Å²) >= 11 is 0. The third-order valence-electron chi connectivity index (χ3n) is 5.48. The number of nitrogens with one attached hydrogen (secondary N) is 3. The predicted octanol–water partition coefficient (Wildman–Crippen LogP) is 4.06. The number of carbonyl (C=O) groups excluding carboxylic acids is 1. The highest BCUT2D eigenvalue weighted by molar-refractivity contribution is 7.84. The maximum Gasteiger partial charge on any atom is 0.272 e. The van der Waals surface area contributed by atoms with Gasteiger partial charge in [0.25, 0.3) is 5.91 Å². The zero-order chi connectivity index (χ0) is 23.4. The highest BCUT2D eigenvalue weighted by Crippen LogP contribution is 2.27. The maximum atomic E-state index is 13.6. The standard InChI is InChI=1S/C24H24FN5O2S/c1-30-13-22-20(23(30)24(31)28-18-8-10-21(25)17(11-18)12-26)9-7-19(29-33(22)27)15-32-14-16-5-3-2-4-6-16/h2-6,8,10-11,13,19H,7,9,14-15H2,1H3,(H2,27,29)(H,28,31). The molecule has 7 nitrogen and oxygen atoms in total. The molecule has 0 fully saturated rings. The number of nitriles is 1. The number of aryl methyl sites for hydroxylation is 1. The van der Waals surface area contributed by atoms with Crippen molar-refractivity contribution in [2.24, 2.45) is 7.05 Å². The van der Waals surface area contributed by atoms with Crippen LogP contribution < -0.4 is 10.0 Å². The van der Waals surface area contributed by atoms with Crippen LogP contribution in [0.1, 0.15) is 33.6 Å². The van der Waals surface area contributed by atoms with E-state index in [1.54, 1.807) is 17.7 Å². The number of ether oxygens (including phenoxy) is 1. The largest absolute Gasteiger partial charge is 0.375 e. The van der Waals surface area contributed by atoms with E-state index in [9.17, 15) is 9.18 Å². The molecular weight excluding hydrogens is 441 g/mol. The zero-order valence-electron chi connectivity index (χ0n) is 18.1. The molecule has 1 aliphatic rings. The molecule has 3 N–H and O–H groups in total. The summed E-state index contributed by atoms with van der Waals surface area (Å²) in [4.78, 5) is 13.9. The van der Waals surface area contributed by atoms with Crippen LogP contribution in [0.2, 0.25) is 0 Å². The number of halogens is 1. The molecule has 0 saturated heterocycles. The summed E-state index contributed by atoms with van der Waals surface area (Å²) < 4.78 is 33.1. The monoisotopic (exact) mass is 465 g/mol. The van der Waals surface area contributed by atoms with Gasteiger partial charge in [0.05, 0.1) is 23.7 Å². The second-order valence-corrected chi connectivity index (χ2v) is 9.14. The van der Waals surface area contributed by atoms with Crippen molar-refractivity contribution in [3.05, 3.63) is 82.9 Å². The van der Waals surface area contributed by atoms with Crippen LogP contribution in [0.4, 0.5) is 10.1 Å². The minimum absolute atomic E-state index is 0.00144. The highest BCUT2D eigenvalue weighted by Gasteiger charge is 2.27. The summed E-state index contributed by atoms with van der Waals surface area (Å²) in [5.41, 5.74) is 2.60. The van der Waals surface area contributed by atoms with Gasteiger partial charge in [-0.1, -0.05) is 30.3 Å². The second kappa shape index (κ2) is 10.1. The molecule has 0 radical (unpaired) electrons. The Hall–Kier alpha value is -3.32. The maximum absolute atomic E-state index is 13.6. The number of amides is 1. The van der Waals surface area contributed by atoms with E-state index >= 15 is 0 Å². The number of hydrogen-bond donors (Lipinski definition) is 3. The lowest BCUT2D eigenvalue weighted by molar-refractivity contribution is 0.101. The summed E-state index contributed by atoms with van der Waals surface area (Å²) in [7, 11) is 0.776. The van der Waals surface area contributed by atoms with Crippen molar-refractivity contribution in [3.63, 3.8) is 0 Å². The topological polar surface area (TPSA) is 103 Å². The number of aromatic nitrogens is 1. The van der Waals surface area contributed by atoms with Crippen molar-refractivity contribution in [1.29, 1.82) is 10.0 Å². The Bertz CT molecular complexity index is 1240. The molecule has 2 aromatic carbocycles. The first-order chi connectivity index (χ1) is 16.0. The van der Waals surface area contributed by atoms with Crippen LogP contribution in [-0.4, -0.2) is 23.1 Å². The quantitative estimate of drug-likeness (QED) is 0.511. The van der Waals surface area contributed by atoms with Crippen molar-refractivity contribution in [2.75, 3.05) is 11.9 Å². The van der Waals surface area contributed by atoms with Gasteiger partial charge in [0.15, 0.2) is 0 Å². The number of nitrogens with zero attached hydrogens (tertiary/aromatic N) is 2. The number of benzene rings is 2. The molecule has 2 unspecified atom stereocenters. The summed E-state index contributed by atoms with van der Waals surface area (Å²) in [6, 6.07) is 15.6. The smallest absolute Gasteiger partial charge is 0.272 e. The Morgan fingerprint density at radius 2 is 2.15 bits per heavy atom. The van der Waals surface area contributed by atoms with Gasteiger partial charge in [0, 0.05) is 25.0 Å². The lowest BCUT2D eigenvalue weighted by atomic mass is 10.1. The van der Waals surface area contributed by atoms with Gasteiger partial charge in [-0.25, -0.2) is 9.11 Å². The lowest BCUT2D eigenvalue weighted by Crippen LogP contribution is -2.33. The first-order valence-corrected chi connectivity index (χ1v) is 11.7. The van der Waals surface area contributed by atoms with Crippen molar-refractivity contribution in [2.45, 2.75) is 30.4 Å². The Kier molecular flexibility index (Phi) is 6.99. The molecule has 0 aliphatic carbocycles. The molecule has 33 heavy (non-hydrogen) atoms. The van der Waals surface area contributed by atoms with Crippen LogP contribution in [0.15, 0.2) is 59.6 Å². The van der Waals surface area contributed by atoms with Crippen molar-refractivity contribution >= 4 is 22.5 Å². The molecule has 0 bridgehead atoms. The Labute approximate surface area is 194 Å². The number of hydrogen-bond acceptors (Lipinski definition) is 4. The van der Waals surface area contributed by atoms with E-state index in [1.807, 2.05) is 36.5 Å². The molecule has 170 valence electrons. The highest BCUT2D eigenvalue weighted by atomic mass is 32.2. The van der Waals surface area contributed by atoms with Crippen LogP contribution in [0.3, 0.4) is 0 Å². The minimum Gasteiger partial charge on any atom is -0.375 e. The normalized spacial score (nSPS) is 17.6. The molecule has 9 heteroatoms. The van der Waals surface area contributed by atoms with Crippen LogP contribution in [0, 0.1) is 21.9 Å². The lowest BCUT2D eigenvalue weighted by Gasteiger charge is -2.17. The molecule has 1 aromatic heterocycles. The zero-order valence-corrected chi connectivity index (χ0v) is 18.9. The predicted molar refractivity (Wildman–Crippen MR) is 124 cm³/mol. The van der Waals surface area contributed by atoms with Crippen LogP contribution in [0.25, 0.3) is 0 Å². The molecule has 0 saturated carbocycles. The first-order valence-electron chi connectivity index (χ1n) is 10.5. The van der Waals surface area contributed by atoms with Gasteiger partial charge >= 0.3 is 0 Å². The fourth-order valence-electron chi connectivity index (χ4n) is 3.86. The third kappa shape index (κ3) is 5.20. The van der Waals surface area contributed by atoms with E-state index in [-0.39, 0.29) is 17.5 Å². The summed E-state index contributed by atoms with van der Waals surface area (Å²) in [6.45, 7) is 0.983. The van der Waals surface area contributed by atoms with Gasteiger partial charge in [-0.15, -0.1) is 0 Å². The van der Waals surface area contributed by atoms with Gasteiger partial charge in [-0.05, 0) is 53.0 Å². The first kappa shape index (κ1) is 22.9. The fraction of sp³-hybridized carbons (Fsp3) is 0.250. The van der Waals surface area contributed by atoms with Gasteiger partial charge in [-0.3, -0.25) is 9.57 Å². The molecule has 4 rings (SSSR count). The SMILES string of the molecule is Cn1cc2c(c1C(=O)Nc1ccc(F)c(C#N)c1)CCC(COCc1ccccc1)NS2=N. The molecule has 3 aromatic rings. The third-order valence-corrected chi connectivity index (χ3v) is 6.85. The number of carbonyl (C=O) groups is 1. The van der Waals surface area contributed by atoms with E-state index in [4.69, 9.17) is 14.8 Å². The number of anilines is 1. The van der Waals surface area contributed by atoms with Gasteiger partial charge in [0.2, 0.25) is 0 Å². The second-order valence-electron chi connectivity index (χ2n) is 7.85. The van der Waals surface area contributed by atoms with Crippen molar-refractivity contribution in [1.82, 2.24) is 9.29 Å². The molecular formula is C24H24FN5O2S. The Morgan fingerprint density at radius 3 is 2.91 bits per heavy atom. The average molecular weight is 466 g/mol. The summed E-state index contributed by atoms with van der Waals surface area (Å²) in [6.07, 6.45) is 3.16. The van der Waals surface area contributed by atoms with Gasteiger partial charge < -0.3 is 14.6 Å². The van der Waals surface area contributed by atoms with Crippen LogP contribution >= 0.6 is 0 Å². The summed E-state index contributed by atoms with van der Waals surface area (Å²) in [5, 5.41) is 11.8.